The molecule has 6 aromatic rings. The van der Waals surface area contributed by atoms with Gasteiger partial charge in [-0.1, -0.05) is 73.7 Å². The number of rotatable bonds is 3. The second-order valence-electron chi connectivity index (χ2n) is 9.62. The Morgan fingerprint density at radius 2 is 1.46 bits per heavy atom. The van der Waals surface area contributed by atoms with Crippen LogP contribution in [0.5, 0.6) is 0 Å². The highest BCUT2D eigenvalue weighted by atomic mass is 14.8. The van der Waals surface area contributed by atoms with Crippen LogP contribution in [0.3, 0.4) is 0 Å². The minimum atomic E-state index is 0.466. The number of allylic oxidation sites excluding steroid dienone is 1. The fraction of sp³-hybridized carbons (Fsp3) is 0.0909. The van der Waals surface area contributed by atoms with E-state index in [0.29, 0.717) is 5.92 Å². The molecule has 0 saturated heterocycles. The Hall–Kier alpha value is -4.70. The Balaban J connectivity index is 1.38. The first-order valence-corrected chi connectivity index (χ1v) is 12.6. The molecule has 37 heavy (non-hydrogen) atoms. The van der Waals surface area contributed by atoms with E-state index in [0.717, 1.165) is 56.6 Å². The van der Waals surface area contributed by atoms with E-state index in [4.69, 9.17) is 15.0 Å². The topological polar surface area (TPSA) is 51.6 Å². The maximum Gasteiger partial charge on any atom is 0.0974 e. The van der Waals surface area contributed by atoms with Gasteiger partial charge in [0.15, 0.2) is 0 Å². The molecule has 0 radical (unpaired) electrons. The summed E-state index contributed by atoms with van der Waals surface area (Å²) in [6.45, 7) is 2.24. The van der Waals surface area contributed by atoms with Gasteiger partial charge < -0.3 is 0 Å². The first kappa shape index (κ1) is 21.6. The normalized spacial score (nSPS) is 14.7. The highest BCUT2D eigenvalue weighted by Gasteiger charge is 2.20. The van der Waals surface area contributed by atoms with Crippen LogP contribution in [-0.2, 0) is 6.42 Å². The zero-order valence-corrected chi connectivity index (χ0v) is 20.5. The van der Waals surface area contributed by atoms with Crippen molar-refractivity contribution in [2.24, 2.45) is 5.92 Å². The molecule has 0 amide bonds. The second-order valence-corrected chi connectivity index (χ2v) is 9.62. The van der Waals surface area contributed by atoms with Crippen LogP contribution in [0.25, 0.3) is 61.7 Å². The van der Waals surface area contributed by atoms with Crippen molar-refractivity contribution >= 4 is 27.9 Å². The Morgan fingerprint density at radius 1 is 0.649 bits per heavy atom. The Labute approximate surface area is 215 Å². The summed E-state index contributed by atoms with van der Waals surface area (Å²) < 4.78 is 0. The van der Waals surface area contributed by atoms with Crippen LogP contribution in [0.2, 0.25) is 0 Å². The number of fused-ring (bicyclic) bond motifs is 4. The van der Waals surface area contributed by atoms with Gasteiger partial charge in [0.2, 0.25) is 0 Å². The Morgan fingerprint density at radius 3 is 2.32 bits per heavy atom. The average molecular weight is 477 g/mol. The molecular weight excluding hydrogens is 452 g/mol. The zero-order valence-electron chi connectivity index (χ0n) is 20.5. The molecular formula is C33H24N4. The summed E-state index contributed by atoms with van der Waals surface area (Å²) in [5, 5.41) is 2.24. The third-order valence-corrected chi connectivity index (χ3v) is 7.10. The van der Waals surface area contributed by atoms with Gasteiger partial charge in [0.05, 0.1) is 28.1 Å². The number of hydrogen-bond acceptors (Lipinski definition) is 4. The molecule has 1 atom stereocenters. The third-order valence-electron chi connectivity index (χ3n) is 7.10. The quantitative estimate of drug-likeness (QED) is 0.245. The molecule has 0 N–H and O–H groups in total. The predicted molar refractivity (Wildman–Crippen MR) is 151 cm³/mol. The lowest BCUT2D eigenvalue weighted by atomic mass is 9.86. The molecule has 4 heteroatoms. The average Bonchev–Trinajstić information content (AvgIpc) is 2.96. The number of nitrogens with zero attached hydrogens (tertiary/aromatic N) is 4. The van der Waals surface area contributed by atoms with Crippen molar-refractivity contribution in [2.45, 2.75) is 13.3 Å². The van der Waals surface area contributed by atoms with Gasteiger partial charge in [0.1, 0.15) is 0 Å². The number of aromatic nitrogens is 4. The summed E-state index contributed by atoms with van der Waals surface area (Å²) >= 11 is 0. The molecule has 0 aliphatic heterocycles. The number of benzene rings is 2. The van der Waals surface area contributed by atoms with E-state index in [1.165, 1.54) is 16.7 Å². The van der Waals surface area contributed by atoms with E-state index in [1.807, 2.05) is 48.7 Å². The summed E-state index contributed by atoms with van der Waals surface area (Å²) in [5.41, 5.74) is 10.4. The van der Waals surface area contributed by atoms with Crippen molar-refractivity contribution in [3.05, 3.63) is 115 Å². The van der Waals surface area contributed by atoms with E-state index >= 15 is 0 Å². The first-order valence-electron chi connectivity index (χ1n) is 12.6. The van der Waals surface area contributed by atoms with Gasteiger partial charge in [-0.3, -0.25) is 9.97 Å². The highest BCUT2D eigenvalue weighted by Crippen LogP contribution is 2.39. The molecule has 7 rings (SSSR count). The smallest absolute Gasteiger partial charge is 0.0974 e. The molecule has 4 heterocycles. The summed E-state index contributed by atoms with van der Waals surface area (Å²) in [4.78, 5) is 19.2. The fourth-order valence-electron chi connectivity index (χ4n) is 5.27. The van der Waals surface area contributed by atoms with Gasteiger partial charge in [-0.25, -0.2) is 9.97 Å². The Kier molecular flexibility index (Phi) is 5.10. The van der Waals surface area contributed by atoms with Crippen LogP contribution < -0.4 is 0 Å². The molecule has 0 spiro atoms. The van der Waals surface area contributed by atoms with Gasteiger partial charge in [0, 0.05) is 45.6 Å². The molecule has 2 aromatic carbocycles. The van der Waals surface area contributed by atoms with Crippen molar-refractivity contribution in [1.29, 1.82) is 0 Å². The number of hydrogen-bond donors (Lipinski definition) is 0. The highest BCUT2D eigenvalue weighted by molar-refractivity contribution is 6.10. The van der Waals surface area contributed by atoms with Crippen LogP contribution in [0.1, 0.15) is 18.2 Å². The van der Waals surface area contributed by atoms with Crippen LogP contribution in [0.15, 0.2) is 103 Å². The second kappa shape index (κ2) is 8.75. The van der Waals surface area contributed by atoms with Crippen LogP contribution >= 0.6 is 0 Å². The maximum atomic E-state index is 5.15. The molecule has 0 bridgehead atoms. The molecule has 1 aliphatic rings. The monoisotopic (exact) mass is 476 g/mol. The lowest BCUT2D eigenvalue weighted by Crippen LogP contribution is -2.08. The largest absolute Gasteiger partial charge is 0.255 e. The maximum absolute atomic E-state index is 5.15. The van der Waals surface area contributed by atoms with E-state index in [9.17, 15) is 0 Å². The van der Waals surface area contributed by atoms with E-state index in [1.54, 1.807) is 6.20 Å². The molecule has 1 unspecified atom stereocenters. The van der Waals surface area contributed by atoms with E-state index < -0.39 is 0 Å². The molecule has 4 nitrogen and oxygen atoms in total. The molecule has 1 aliphatic carbocycles. The fourth-order valence-corrected chi connectivity index (χ4v) is 5.27. The minimum absolute atomic E-state index is 0.466. The summed E-state index contributed by atoms with van der Waals surface area (Å²) in [6, 6.07) is 29.1. The number of pyridine rings is 4. The van der Waals surface area contributed by atoms with Gasteiger partial charge in [-0.2, -0.15) is 0 Å². The van der Waals surface area contributed by atoms with Crippen LogP contribution in [0, 0.1) is 5.92 Å². The lowest BCUT2D eigenvalue weighted by Gasteiger charge is -2.21. The van der Waals surface area contributed by atoms with Gasteiger partial charge in [-0.15, -0.1) is 0 Å². The van der Waals surface area contributed by atoms with E-state index in [2.05, 4.69) is 66.5 Å². The lowest BCUT2D eigenvalue weighted by molar-refractivity contribution is 0.702. The molecule has 176 valence electrons. The molecule has 4 aromatic heterocycles. The SMILES string of the molecule is CC1C=Cc2c(nc3c(ccc4cccnc43)c2-c2ccc(-c3cccc(-c4ccccn4)n3)cc2)C1. The van der Waals surface area contributed by atoms with Crippen molar-refractivity contribution in [2.75, 3.05) is 0 Å². The third kappa shape index (κ3) is 3.78. The zero-order chi connectivity index (χ0) is 24.8. The van der Waals surface area contributed by atoms with Crippen molar-refractivity contribution in [1.82, 2.24) is 19.9 Å². The summed E-state index contributed by atoms with van der Waals surface area (Å²) in [7, 11) is 0. The van der Waals surface area contributed by atoms with Crippen molar-refractivity contribution in [3.63, 3.8) is 0 Å². The van der Waals surface area contributed by atoms with Crippen LogP contribution in [0.4, 0.5) is 0 Å². The van der Waals surface area contributed by atoms with Gasteiger partial charge in [-0.05, 0) is 48.2 Å². The van der Waals surface area contributed by atoms with Gasteiger partial charge in [0.25, 0.3) is 0 Å². The first-order chi connectivity index (χ1) is 18.2. The van der Waals surface area contributed by atoms with Gasteiger partial charge >= 0.3 is 0 Å². The summed E-state index contributed by atoms with van der Waals surface area (Å²) in [6.07, 6.45) is 9.12. The standard InChI is InChI=1S/C33H24N4/c1-21-10-16-25-30(20-21)37-33-26(17-15-24-6-5-19-35-32(24)33)31(25)23-13-11-22(12-14-23)27-8-4-9-29(36-27)28-7-2-3-18-34-28/h2-19,21H,20H2,1H3. The summed E-state index contributed by atoms with van der Waals surface area (Å²) in [5.74, 6) is 0.466. The molecule has 0 saturated carbocycles. The van der Waals surface area contributed by atoms with Crippen molar-refractivity contribution in [3.8, 4) is 33.8 Å². The Bertz CT molecular complexity index is 1810. The predicted octanol–water partition coefficient (Wildman–Crippen LogP) is 7.78. The van der Waals surface area contributed by atoms with Crippen LogP contribution in [-0.4, -0.2) is 19.9 Å². The van der Waals surface area contributed by atoms with E-state index in [-0.39, 0.29) is 0 Å². The molecule has 0 fully saturated rings. The minimum Gasteiger partial charge on any atom is -0.255 e. The van der Waals surface area contributed by atoms with Crippen molar-refractivity contribution < 1.29 is 0 Å².